The monoisotopic (exact) mass is 391 g/mol. The Morgan fingerprint density at radius 3 is 2.48 bits per heavy atom. The van der Waals surface area contributed by atoms with E-state index < -0.39 is 0 Å². The van der Waals surface area contributed by atoms with Crippen LogP contribution >= 0.6 is 0 Å². The Kier molecular flexibility index (Phi) is 6.09. The second-order valence-corrected chi connectivity index (χ2v) is 6.21. The largest absolute Gasteiger partial charge is 0.497 e. The highest BCUT2D eigenvalue weighted by Crippen LogP contribution is 2.31. The number of rotatable bonds is 7. The molecule has 0 aliphatic heterocycles. The van der Waals surface area contributed by atoms with Crippen molar-refractivity contribution in [3.8, 4) is 11.5 Å². The first-order chi connectivity index (χ1) is 14.0. The number of ether oxygens (including phenoxy) is 2. The van der Waals surface area contributed by atoms with E-state index in [4.69, 9.17) is 9.47 Å². The van der Waals surface area contributed by atoms with Crippen LogP contribution in [-0.4, -0.2) is 30.9 Å². The molecule has 0 saturated heterocycles. The molecule has 0 bridgehead atoms. The maximum atomic E-state index is 12.6. The van der Waals surface area contributed by atoms with Crippen molar-refractivity contribution in [2.24, 2.45) is 0 Å². The molecule has 148 valence electrons. The third-order valence-electron chi connectivity index (χ3n) is 4.22. The summed E-state index contributed by atoms with van der Waals surface area (Å²) in [6, 6.07) is 15.4. The van der Waals surface area contributed by atoms with Gasteiger partial charge < -0.3 is 20.1 Å². The molecule has 0 spiro atoms. The Labute approximate surface area is 168 Å². The van der Waals surface area contributed by atoms with Crippen LogP contribution < -0.4 is 20.1 Å². The standard InChI is InChI=1S/C22H21N3O4/c1-14(26)15-5-4-6-17(11-15)24-22(27)16-9-10-23-21(12-16)25-19-8-7-18(28-2)13-20(19)29-3/h4-13H,1-3H3,(H,23,25)(H,24,27). The molecule has 1 amide bonds. The molecular formula is C22H21N3O4. The number of anilines is 3. The Bertz CT molecular complexity index is 1050. The fourth-order valence-electron chi connectivity index (χ4n) is 2.70. The van der Waals surface area contributed by atoms with Crippen LogP contribution in [-0.2, 0) is 0 Å². The van der Waals surface area contributed by atoms with Crippen LogP contribution in [0.25, 0.3) is 0 Å². The molecule has 0 radical (unpaired) electrons. The third-order valence-corrected chi connectivity index (χ3v) is 4.22. The number of Topliss-reactive ketones (excluding diaryl/α,β-unsaturated/α-hetero) is 1. The second-order valence-electron chi connectivity index (χ2n) is 6.21. The summed E-state index contributed by atoms with van der Waals surface area (Å²) in [6.07, 6.45) is 1.54. The topological polar surface area (TPSA) is 89.6 Å². The van der Waals surface area contributed by atoms with Gasteiger partial charge in [-0.05, 0) is 43.3 Å². The van der Waals surface area contributed by atoms with Crippen molar-refractivity contribution in [1.29, 1.82) is 0 Å². The summed E-state index contributed by atoms with van der Waals surface area (Å²) in [6.45, 7) is 1.48. The first kappa shape index (κ1) is 19.9. The molecule has 3 rings (SSSR count). The number of benzene rings is 2. The summed E-state index contributed by atoms with van der Waals surface area (Å²) in [7, 11) is 3.14. The van der Waals surface area contributed by atoms with Crippen LogP contribution in [0.5, 0.6) is 11.5 Å². The van der Waals surface area contributed by atoms with Gasteiger partial charge in [0.25, 0.3) is 5.91 Å². The average Bonchev–Trinajstić information content (AvgIpc) is 2.74. The van der Waals surface area contributed by atoms with Crippen molar-refractivity contribution in [1.82, 2.24) is 4.98 Å². The number of aromatic nitrogens is 1. The summed E-state index contributed by atoms with van der Waals surface area (Å²) in [5.41, 5.74) is 2.19. The van der Waals surface area contributed by atoms with Gasteiger partial charge in [-0.25, -0.2) is 4.98 Å². The second kappa shape index (κ2) is 8.88. The molecule has 2 N–H and O–H groups in total. The number of hydrogen-bond acceptors (Lipinski definition) is 6. The summed E-state index contributed by atoms with van der Waals surface area (Å²) in [5.74, 6) is 1.37. The van der Waals surface area contributed by atoms with Gasteiger partial charge in [0.05, 0.1) is 19.9 Å². The van der Waals surface area contributed by atoms with Gasteiger partial charge in [-0.3, -0.25) is 9.59 Å². The fourth-order valence-corrected chi connectivity index (χ4v) is 2.70. The fraction of sp³-hybridized carbons (Fsp3) is 0.136. The molecule has 2 aromatic carbocycles. The van der Waals surface area contributed by atoms with Crippen LogP contribution in [0.15, 0.2) is 60.8 Å². The Morgan fingerprint density at radius 1 is 0.931 bits per heavy atom. The van der Waals surface area contributed by atoms with E-state index >= 15 is 0 Å². The van der Waals surface area contributed by atoms with Crippen LogP contribution in [0.3, 0.4) is 0 Å². The van der Waals surface area contributed by atoms with Gasteiger partial charge in [0.2, 0.25) is 0 Å². The van der Waals surface area contributed by atoms with Crippen LogP contribution in [0.1, 0.15) is 27.6 Å². The molecule has 1 aromatic heterocycles. The van der Waals surface area contributed by atoms with Crippen LogP contribution in [0, 0.1) is 0 Å². The van der Waals surface area contributed by atoms with Gasteiger partial charge in [-0.2, -0.15) is 0 Å². The number of amides is 1. The number of hydrogen-bond donors (Lipinski definition) is 2. The van der Waals surface area contributed by atoms with Crippen molar-refractivity contribution in [3.63, 3.8) is 0 Å². The van der Waals surface area contributed by atoms with Crippen molar-refractivity contribution in [3.05, 3.63) is 71.9 Å². The number of nitrogens with one attached hydrogen (secondary N) is 2. The lowest BCUT2D eigenvalue weighted by Crippen LogP contribution is -2.13. The van der Waals surface area contributed by atoms with E-state index in [1.165, 1.54) is 6.92 Å². The van der Waals surface area contributed by atoms with Crippen molar-refractivity contribution < 1.29 is 19.1 Å². The van der Waals surface area contributed by atoms with E-state index in [1.807, 2.05) is 0 Å². The van der Waals surface area contributed by atoms with Gasteiger partial charge in [0.1, 0.15) is 17.3 Å². The van der Waals surface area contributed by atoms with Gasteiger partial charge >= 0.3 is 0 Å². The molecule has 29 heavy (non-hydrogen) atoms. The van der Waals surface area contributed by atoms with Gasteiger partial charge in [0.15, 0.2) is 5.78 Å². The van der Waals surface area contributed by atoms with Crippen LogP contribution in [0.4, 0.5) is 17.2 Å². The molecule has 0 unspecified atom stereocenters. The first-order valence-corrected chi connectivity index (χ1v) is 8.87. The number of carbonyl (C=O) groups excluding carboxylic acids is 2. The molecule has 0 fully saturated rings. The van der Waals surface area contributed by atoms with E-state index in [0.717, 1.165) is 0 Å². The van der Waals surface area contributed by atoms with Crippen molar-refractivity contribution >= 4 is 28.9 Å². The van der Waals surface area contributed by atoms with Gasteiger partial charge in [-0.15, -0.1) is 0 Å². The molecule has 0 atom stereocenters. The number of ketones is 1. The lowest BCUT2D eigenvalue weighted by Gasteiger charge is -2.13. The normalized spacial score (nSPS) is 10.2. The maximum Gasteiger partial charge on any atom is 0.255 e. The lowest BCUT2D eigenvalue weighted by molar-refractivity contribution is 0.101. The maximum absolute atomic E-state index is 12.6. The average molecular weight is 391 g/mol. The molecule has 3 aromatic rings. The smallest absolute Gasteiger partial charge is 0.255 e. The summed E-state index contributed by atoms with van der Waals surface area (Å²) in [4.78, 5) is 28.4. The number of methoxy groups -OCH3 is 2. The van der Waals surface area contributed by atoms with Crippen molar-refractivity contribution in [2.45, 2.75) is 6.92 Å². The zero-order valence-corrected chi connectivity index (χ0v) is 16.4. The predicted molar refractivity (Wildman–Crippen MR) is 111 cm³/mol. The minimum absolute atomic E-state index is 0.0649. The number of nitrogens with zero attached hydrogens (tertiary/aromatic N) is 1. The number of carbonyl (C=O) groups is 2. The molecular weight excluding hydrogens is 370 g/mol. The highest BCUT2D eigenvalue weighted by molar-refractivity contribution is 6.05. The molecule has 1 heterocycles. The van der Waals surface area contributed by atoms with Crippen molar-refractivity contribution in [2.75, 3.05) is 24.9 Å². The van der Waals surface area contributed by atoms with E-state index in [2.05, 4.69) is 15.6 Å². The highest BCUT2D eigenvalue weighted by Gasteiger charge is 2.11. The van der Waals surface area contributed by atoms with E-state index in [1.54, 1.807) is 75.0 Å². The van der Waals surface area contributed by atoms with E-state index in [-0.39, 0.29) is 11.7 Å². The minimum atomic E-state index is -0.308. The lowest BCUT2D eigenvalue weighted by atomic mass is 10.1. The molecule has 0 saturated carbocycles. The van der Waals surface area contributed by atoms with Gasteiger partial charge in [0, 0.05) is 29.1 Å². The molecule has 0 aliphatic carbocycles. The molecule has 7 heteroatoms. The SMILES string of the molecule is COc1ccc(Nc2cc(C(=O)Nc3cccc(C(C)=O)c3)ccn2)c(OC)c1. The van der Waals surface area contributed by atoms with E-state index in [0.29, 0.717) is 39.8 Å². The highest BCUT2D eigenvalue weighted by atomic mass is 16.5. The quantitative estimate of drug-likeness (QED) is 0.584. The Balaban J connectivity index is 1.78. The first-order valence-electron chi connectivity index (χ1n) is 8.87. The molecule has 7 nitrogen and oxygen atoms in total. The van der Waals surface area contributed by atoms with E-state index in [9.17, 15) is 9.59 Å². The summed E-state index contributed by atoms with van der Waals surface area (Å²) >= 11 is 0. The molecule has 0 aliphatic rings. The van der Waals surface area contributed by atoms with Crippen LogP contribution in [0.2, 0.25) is 0 Å². The third kappa shape index (κ3) is 4.90. The zero-order chi connectivity index (χ0) is 20.8. The summed E-state index contributed by atoms with van der Waals surface area (Å²) in [5, 5.41) is 5.94. The summed E-state index contributed by atoms with van der Waals surface area (Å²) < 4.78 is 10.6. The number of pyridine rings is 1. The minimum Gasteiger partial charge on any atom is -0.497 e. The Morgan fingerprint density at radius 2 is 1.76 bits per heavy atom. The van der Waals surface area contributed by atoms with Gasteiger partial charge in [-0.1, -0.05) is 12.1 Å². The predicted octanol–water partition coefficient (Wildman–Crippen LogP) is 4.30. The zero-order valence-electron chi connectivity index (χ0n) is 16.4. The Hall–Kier alpha value is -3.87.